The lowest BCUT2D eigenvalue weighted by Gasteiger charge is -2.12. The summed E-state index contributed by atoms with van der Waals surface area (Å²) in [7, 11) is 0. The van der Waals surface area contributed by atoms with Gasteiger partial charge in [0, 0.05) is 6.42 Å². The highest BCUT2D eigenvalue weighted by molar-refractivity contribution is 5.85. The van der Waals surface area contributed by atoms with Gasteiger partial charge >= 0.3 is 5.97 Å². The number of primary amides is 1. The molecule has 0 aromatic heterocycles. The van der Waals surface area contributed by atoms with E-state index in [4.69, 9.17) is 16.6 Å². The van der Waals surface area contributed by atoms with E-state index in [2.05, 4.69) is 5.32 Å². The lowest BCUT2D eigenvalue weighted by atomic mass is 10.1. The highest BCUT2D eigenvalue weighted by atomic mass is 16.4. The molecule has 1 unspecified atom stereocenters. The molecule has 0 spiro atoms. The molecule has 16 heavy (non-hydrogen) atoms. The largest absolute Gasteiger partial charge is 0.480 e. The van der Waals surface area contributed by atoms with Crippen molar-refractivity contribution >= 4 is 17.8 Å². The van der Waals surface area contributed by atoms with Crippen LogP contribution in [-0.2, 0) is 14.4 Å². The Labute approximate surface area is 91.4 Å². The van der Waals surface area contributed by atoms with Crippen LogP contribution >= 0.6 is 0 Å². The number of nitrogens with one attached hydrogen (secondary N) is 1. The van der Waals surface area contributed by atoms with Crippen LogP contribution in [0.5, 0.6) is 0 Å². The number of aliphatic carboxylic acids is 1. The zero-order valence-corrected chi connectivity index (χ0v) is 8.53. The Hall–Kier alpha value is -1.71. The molecule has 9 heteroatoms. The molecule has 1 atom stereocenters. The highest BCUT2D eigenvalue weighted by Crippen LogP contribution is 1.96. The molecular formula is C7H17N3O6. The van der Waals surface area contributed by atoms with Gasteiger partial charge in [-0.15, -0.1) is 0 Å². The van der Waals surface area contributed by atoms with E-state index in [-0.39, 0.29) is 30.3 Å². The van der Waals surface area contributed by atoms with Crippen LogP contribution in [0.4, 0.5) is 0 Å². The second-order valence-corrected chi connectivity index (χ2v) is 2.67. The molecule has 0 fully saturated rings. The monoisotopic (exact) mass is 239 g/mol. The van der Waals surface area contributed by atoms with Gasteiger partial charge in [0.15, 0.2) is 0 Å². The molecule has 0 aromatic rings. The Balaban J connectivity index is -0.000000845. The normalized spacial score (nSPS) is 10.3. The Morgan fingerprint density at radius 1 is 1.25 bits per heavy atom. The molecule has 10 N–H and O–H groups in total. The molecule has 0 saturated carbocycles. The number of hydrogen-bond acceptors (Lipinski definition) is 4. The average molecular weight is 239 g/mol. The number of amides is 2. The van der Waals surface area contributed by atoms with Crippen LogP contribution in [0.15, 0.2) is 0 Å². The summed E-state index contributed by atoms with van der Waals surface area (Å²) in [6.07, 6.45) is -0.127. The van der Waals surface area contributed by atoms with E-state index in [0.29, 0.717) is 0 Å². The number of carbonyl (C=O) groups excluding carboxylic acids is 2. The molecule has 0 aliphatic rings. The van der Waals surface area contributed by atoms with Crippen molar-refractivity contribution in [1.29, 1.82) is 0 Å². The van der Waals surface area contributed by atoms with E-state index in [0.717, 1.165) is 0 Å². The molecule has 0 aromatic carbocycles. The van der Waals surface area contributed by atoms with Gasteiger partial charge < -0.3 is 32.8 Å². The fourth-order valence-corrected chi connectivity index (χ4v) is 0.797. The topological polar surface area (TPSA) is 199 Å². The predicted octanol–water partition coefficient (Wildman–Crippen LogP) is -3.87. The van der Waals surface area contributed by atoms with Crippen LogP contribution in [0.3, 0.4) is 0 Å². The molecule has 0 heterocycles. The smallest absolute Gasteiger partial charge is 0.326 e. The predicted molar refractivity (Wildman–Crippen MR) is 54.3 cm³/mol. The maximum absolute atomic E-state index is 10.8. The Morgan fingerprint density at radius 3 is 2.06 bits per heavy atom. The summed E-state index contributed by atoms with van der Waals surface area (Å²) in [5, 5.41) is 10.8. The minimum absolute atomic E-state index is 0. The van der Waals surface area contributed by atoms with Gasteiger partial charge in [0.05, 0.1) is 6.54 Å². The fourth-order valence-electron chi connectivity index (χ4n) is 0.797. The summed E-state index contributed by atoms with van der Waals surface area (Å²) in [5.41, 5.74) is 9.81. The van der Waals surface area contributed by atoms with Gasteiger partial charge in [0.2, 0.25) is 11.8 Å². The summed E-state index contributed by atoms with van der Waals surface area (Å²) in [6.45, 7) is -0.291. The summed E-state index contributed by atoms with van der Waals surface area (Å²) in [5.74, 6) is -2.41. The van der Waals surface area contributed by atoms with Crippen molar-refractivity contribution in [2.75, 3.05) is 6.54 Å². The first-order valence-corrected chi connectivity index (χ1v) is 3.98. The zero-order valence-electron chi connectivity index (χ0n) is 8.53. The van der Waals surface area contributed by atoms with Crippen LogP contribution < -0.4 is 16.8 Å². The van der Waals surface area contributed by atoms with Gasteiger partial charge in [-0.3, -0.25) is 9.59 Å². The number of carboxylic acid groups (broad SMARTS) is 1. The van der Waals surface area contributed by atoms with Crippen molar-refractivity contribution in [3.05, 3.63) is 0 Å². The molecule has 0 aliphatic heterocycles. The van der Waals surface area contributed by atoms with Crippen molar-refractivity contribution in [3.63, 3.8) is 0 Å². The van der Waals surface area contributed by atoms with Gasteiger partial charge in [-0.1, -0.05) is 0 Å². The van der Waals surface area contributed by atoms with E-state index in [9.17, 15) is 14.4 Å². The quantitative estimate of drug-likeness (QED) is 0.366. The third-order valence-corrected chi connectivity index (χ3v) is 1.50. The van der Waals surface area contributed by atoms with Gasteiger partial charge in [0.25, 0.3) is 0 Å². The number of nitrogens with two attached hydrogens (primary N) is 2. The van der Waals surface area contributed by atoms with Crippen LogP contribution in [-0.4, -0.2) is 46.4 Å². The molecule has 0 saturated heterocycles. The molecule has 0 aliphatic carbocycles. The maximum atomic E-state index is 10.8. The lowest BCUT2D eigenvalue weighted by molar-refractivity contribution is -0.141. The van der Waals surface area contributed by atoms with Crippen molar-refractivity contribution in [2.45, 2.75) is 18.9 Å². The van der Waals surface area contributed by atoms with E-state index < -0.39 is 23.8 Å². The number of carbonyl (C=O) groups is 3. The van der Waals surface area contributed by atoms with Crippen molar-refractivity contribution in [3.8, 4) is 0 Å². The standard InChI is InChI=1S/C7H13N3O4.2H2O/c8-3-6(12)10-4(7(13)14)1-2-5(9)11;;/h4H,1-3,8H2,(H2,9,11)(H,10,12)(H,13,14);2*1H2. The average Bonchev–Trinajstić information content (AvgIpc) is 2.10. The third-order valence-electron chi connectivity index (χ3n) is 1.50. The highest BCUT2D eigenvalue weighted by Gasteiger charge is 2.19. The van der Waals surface area contributed by atoms with E-state index in [1.54, 1.807) is 0 Å². The molecule has 0 rings (SSSR count). The Morgan fingerprint density at radius 2 is 1.75 bits per heavy atom. The van der Waals surface area contributed by atoms with Crippen LogP contribution in [0.25, 0.3) is 0 Å². The number of hydrogen-bond donors (Lipinski definition) is 4. The fraction of sp³-hybridized carbons (Fsp3) is 0.571. The van der Waals surface area contributed by atoms with Crippen LogP contribution in [0.2, 0.25) is 0 Å². The van der Waals surface area contributed by atoms with Gasteiger partial charge in [-0.25, -0.2) is 4.79 Å². The second-order valence-electron chi connectivity index (χ2n) is 2.67. The summed E-state index contributed by atoms with van der Waals surface area (Å²) >= 11 is 0. The Kier molecular flexibility index (Phi) is 12.2. The summed E-state index contributed by atoms with van der Waals surface area (Å²) in [4.78, 5) is 31.7. The first kappa shape index (κ1) is 19.8. The third kappa shape index (κ3) is 8.87. The van der Waals surface area contributed by atoms with Gasteiger partial charge in [0.1, 0.15) is 6.04 Å². The first-order chi connectivity index (χ1) is 6.47. The van der Waals surface area contributed by atoms with E-state index in [1.165, 1.54) is 0 Å². The van der Waals surface area contributed by atoms with Gasteiger partial charge in [-0.2, -0.15) is 0 Å². The zero-order chi connectivity index (χ0) is 11.1. The number of rotatable bonds is 6. The SMILES string of the molecule is NCC(=O)NC(CCC(N)=O)C(=O)O.O.O. The van der Waals surface area contributed by atoms with E-state index in [1.807, 2.05) is 0 Å². The molecule has 0 radical (unpaired) electrons. The molecule has 9 nitrogen and oxygen atoms in total. The maximum Gasteiger partial charge on any atom is 0.326 e. The molecule has 96 valence electrons. The molecular weight excluding hydrogens is 222 g/mol. The van der Waals surface area contributed by atoms with Crippen molar-refractivity contribution in [2.24, 2.45) is 11.5 Å². The van der Waals surface area contributed by atoms with Gasteiger partial charge in [-0.05, 0) is 6.42 Å². The molecule has 2 amide bonds. The van der Waals surface area contributed by atoms with Crippen molar-refractivity contribution < 1.29 is 30.4 Å². The minimum atomic E-state index is -1.21. The van der Waals surface area contributed by atoms with Crippen LogP contribution in [0, 0.1) is 0 Å². The van der Waals surface area contributed by atoms with Crippen LogP contribution in [0.1, 0.15) is 12.8 Å². The summed E-state index contributed by atoms with van der Waals surface area (Å²) in [6, 6.07) is -1.11. The summed E-state index contributed by atoms with van der Waals surface area (Å²) < 4.78 is 0. The lowest BCUT2D eigenvalue weighted by Crippen LogP contribution is -2.43. The first-order valence-electron chi connectivity index (χ1n) is 3.98. The van der Waals surface area contributed by atoms with E-state index >= 15 is 0 Å². The Bertz CT molecular complexity index is 244. The minimum Gasteiger partial charge on any atom is -0.480 e. The molecule has 0 bridgehead atoms. The number of carboxylic acids is 1. The second kappa shape index (κ2) is 9.83. The van der Waals surface area contributed by atoms with Crippen molar-refractivity contribution in [1.82, 2.24) is 5.32 Å².